The van der Waals surface area contributed by atoms with Crippen LogP contribution in [0.25, 0.3) is 0 Å². The lowest BCUT2D eigenvalue weighted by Crippen LogP contribution is -2.32. The minimum atomic E-state index is -4.69. The molecular formula is C20H20F3NO4. The van der Waals surface area contributed by atoms with Gasteiger partial charge in [0.05, 0.1) is 17.7 Å². The summed E-state index contributed by atoms with van der Waals surface area (Å²) < 4.78 is 48.9. The zero-order valence-electron chi connectivity index (χ0n) is 15.4. The molecule has 0 heterocycles. The van der Waals surface area contributed by atoms with E-state index in [1.54, 1.807) is 0 Å². The minimum Gasteiger partial charge on any atom is -0.491 e. The second-order valence-electron chi connectivity index (χ2n) is 6.09. The Balaban J connectivity index is 1.78. The number of nitrogens with one attached hydrogen (secondary N) is 1. The Morgan fingerprint density at radius 1 is 1.07 bits per heavy atom. The fraction of sp³-hybridized carbons (Fsp3) is 0.300. The van der Waals surface area contributed by atoms with Gasteiger partial charge in [-0.15, -0.1) is 0 Å². The summed E-state index contributed by atoms with van der Waals surface area (Å²) >= 11 is 0. The summed E-state index contributed by atoms with van der Waals surface area (Å²) in [5.41, 5.74) is 0.318. The van der Waals surface area contributed by atoms with Crippen molar-refractivity contribution in [2.75, 3.05) is 19.8 Å². The first kappa shape index (κ1) is 21.3. The zero-order valence-corrected chi connectivity index (χ0v) is 15.4. The van der Waals surface area contributed by atoms with Crippen LogP contribution in [-0.2, 0) is 15.7 Å². The maximum Gasteiger partial charge on any atom is 0.417 e. The molecule has 2 aromatic rings. The van der Waals surface area contributed by atoms with Gasteiger partial charge in [0, 0.05) is 0 Å². The van der Waals surface area contributed by atoms with Gasteiger partial charge in [0.25, 0.3) is 5.91 Å². The molecule has 1 N–H and O–H groups in total. The Morgan fingerprint density at radius 2 is 1.79 bits per heavy atom. The molecule has 0 saturated carbocycles. The van der Waals surface area contributed by atoms with Crippen LogP contribution in [0.2, 0.25) is 0 Å². The molecular weight excluding hydrogens is 375 g/mol. The summed E-state index contributed by atoms with van der Waals surface area (Å²) in [7, 11) is 0. The fourth-order valence-corrected chi connectivity index (χ4v) is 2.48. The molecule has 0 aromatic heterocycles. The third-order valence-electron chi connectivity index (χ3n) is 3.80. The maximum atomic E-state index is 12.9. The van der Waals surface area contributed by atoms with Crippen LogP contribution in [0.3, 0.4) is 0 Å². The molecule has 2 rings (SSSR count). The first-order valence-electron chi connectivity index (χ1n) is 8.48. The summed E-state index contributed by atoms with van der Waals surface area (Å²) in [4.78, 5) is 23.6. The number of benzene rings is 2. The molecule has 0 spiro atoms. The predicted molar refractivity (Wildman–Crippen MR) is 96.1 cm³/mol. The van der Waals surface area contributed by atoms with Crippen LogP contribution in [0.5, 0.6) is 5.75 Å². The zero-order chi connectivity index (χ0) is 20.7. The number of rotatable bonds is 7. The van der Waals surface area contributed by atoms with Gasteiger partial charge in [-0.1, -0.05) is 29.8 Å². The summed E-state index contributed by atoms with van der Waals surface area (Å²) in [6.45, 7) is 3.53. The highest BCUT2D eigenvalue weighted by atomic mass is 19.4. The molecule has 0 fully saturated rings. The molecule has 0 radical (unpaired) electrons. The van der Waals surface area contributed by atoms with Crippen molar-refractivity contribution in [3.63, 3.8) is 0 Å². The summed E-state index contributed by atoms with van der Waals surface area (Å²) in [5.74, 6) is -1.16. The molecule has 150 valence electrons. The largest absolute Gasteiger partial charge is 0.491 e. The average Bonchev–Trinajstić information content (AvgIpc) is 2.64. The second-order valence-corrected chi connectivity index (χ2v) is 6.09. The number of hydrogen-bond acceptors (Lipinski definition) is 4. The molecule has 0 aliphatic carbocycles. The molecule has 1 amide bonds. The number of alkyl halides is 3. The molecule has 2 aromatic carbocycles. The molecule has 8 heteroatoms. The van der Waals surface area contributed by atoms with Gasteiger partial charge >= 0.3 is 12.1 Å². The number of amides is 1. The van der Waals surface area contributed by atoms with Crippen molar-refractivity contribution in [2.24, 2.45) is 0 Å². The highest BCUT2D eigenvalue weighted by Crippen LogP contribution is 2.32. The van der Waals surface area contributed by atoms with Gasteiger partial charge in [-0.05, 0) is 37.6 Å². The van der Waals surface area contributed by atoms with Crippen LogP contribution >= 0.6 is 0 Å². The molecule has 0 unspecified atom stereocenters. The molecule has 0 aliphatic rings. The summed E-state index contributed by atoms with van der Waals surface area (Å²) in [6, 6.07) is 9.93. The van der Waals surface area contributed by atoms with Crippen molar-refractivity contribution >= 4 is 11.9 Å². The van der Waals surface area contributed by atoms with Crippen LogP contribution < -0.4 is 10.1 Å². The van der Waals surface area contributed by atoms with Crippen LogP contribution in [0.1, 0.15) is 27.0 Å². The molecule has 5 nitrogen and oxygen atoms in total. The predicted octanol–water partition coefficient (Wildman–Crippen LogP) is 3.67. The number of aryl methyl sites for hydroxylation is 2. The van der Waals surface area contributed by atoms with Crippen LogP contribution in [-0.4, -0.2) is 31.6 Å². The van der Waals surface area contributed by atoms with Gasteiger partial charge in [0.1, 0.15) is 12.4 Å². The summed E-state index contributed by atoms with van der Waals surface area (Å²) in [6.07, 6.45) is -4.69. The van der Waals surface area contributed by atoms with Crippen molar-refractivity contribution in [1.82, 2.24) is 5.32 Å². The first-order valence-corrected chi connectivity index (χ1v) is 8.48. The lowest BCUT2D eigenvalue weighted by Gasteiger charge is -2.12. The van der Waals surface area contributed by atoms with Gasteiger partial charge < -0.3 is 14.8 Å². The molecule has 0 saturated heterocycles. The van der Waals surface area contributed by atoms with Crippen molar-refractivity contribution in [3.05, 3.63) is 64.7 Å². The third-order valence-corrected chi connectivity index (χ3v) is 3.80. The smallest absolute Gasteiger partial charge is 0.417 e. The topological polar surface area (TPSA) is 64.6 Å². The van der Waals surface area contributed by atoms with Gasteiger partial charge in [-0.3, -0.25) is 4.79 Å². The Bertz CT molecular complexity index is 850. The van der Waals surface area contributed by atoms with Gasteiger partial charge in [-0.2, -0.15) is 13.2 Å². The van der Waals surface area contributed by atoms with Crippen LogP contribution in [0.15, 0.2) is 42.5 Å². The van der Waals surface area contributed by atoms with E-state index in [9.17, 15) is 22.8 Å². The summed E-state index contributed by atoms with van der Waals surface area (Å²) in [5, 5.41) is 2.47. The Hall–Kier alpha value is -3.03. The number of ether oxygens (including phenoxy) is 2. The number of carbonyl (C=O) groups is 2. The van der Waals surface area contributed by atoms with Crippen molar-refractivity contribution in [2.45, 2.75) is 20.0 Å². The van der Waals surface area contributed by atoms with E-state index in [0.29, 0.717) is 5.75 Å². The van der Waals surface area contributed by atoms with Crippen molar-refractivity contribution in [3.8, 4) is 5.75 Å². The van der Waals surface area contributed by atoms with Crippen molar-refractivity contribution < 1.29 is 32.2 Å². The quantitative estimate of drug-likeness (QED) is 0.574. The number of halogens is 3. The van der Waals surface area contributed by atoms with E-state index in [4.69, 9.17) is 4.74 Å². The van der Waals surface area contributed by atoms with Gasteiger partial charge in [-0.25, -0.2) is 4.79 Å². The monoisotopic (exact) mass is 395 g/mol. The Labute approximate surface area is 160 Å². The fourth-order valence-electron chi connectivity index (χ4n) is 2.48. The lowest BCUT2D eigenvalue weighted by molar-refractivity contribution is -0.138. The molecule has 0 bridgehead atoms. The number of esters is 1. The van der Waals surface area contributed by atoms with E-state index in [0.717, 1.165) is 23.3 Å². The van der Waals surface area contributed by atoms with E-state index >= 15 is 0 Å². The SMILES string of the molecule is Cc1ccc(OCCNC(=O)COC(=O)c2ccccc2C(F)(F)F)c(C)c1. The molecule has 28 heavy (non-hydrogen) atoms. The second kappa shape index (κ2) is 9.25. The highest BCUT2D eigenvalue weighted by molar-refractivity contribution is 5.93. The number of hydrogen-bond donors (Lipinski definition) is 1. The van der Waals surface area contributed by atoms with Gasteiger partial charge in [0.15, 0.2) is 6.61 Å². The molecule has 0 aliphatic heterocycles. The first-order chi connectivity index (χ1) is 13.2. The van der Waals surface area contributed by atoms with Crippen LogP contribution in [0.4, 0.5) is 13.2 Å². The minimum absolute atomic E-state index is 0.156. The van der Waals surface area contributed by atoms with Gasteiger partial charge in [0.2, 0.25) is 0 Å². The Morgan fingerprint density at radius 3 is 2.46 bits per heavy atom. The van der Waals surface area contributed by atoms with E-state index < -0.39 is 35.8 Å². The lowest BCUT2D eigenvalue weighted by atomic mass is 10.1. The normalized spacial score (nSPS) is 11.0. The standard InChI is InChI=1S/C20H20F3NO4/c1-13-7-8-17(14(2)11-13)27-10-9-24-18(25)12-28-19(26)15-5-3-4-6-16(15)20(21,22)23/h3-8,11H,9-10,12H2,1-2H3,(H,24,25). The highest BCUT2D eigenvalue weighted by Gasteiger charge is 2.35. The molecule has 0 atom stereocenters. The van der Waals surface area contributed by atoms with E-state index in [-0.39, 0.29) is 13.2 Å². The number of carbonyl (C=O) groups excluding carboxylic acids is 2. The maximum absolute atomic E-state index is 12.9. The van der Waals surface area contributed by atoms with E-state index in [1.807, 2.05) is 32.0 Å². The van der Waals surface area contributed by atoms with E-state index in [2.05, 4.69) is 10.1 Å². The van der Waals surface area contributed by atoms with E-state index in [1.165, 1.54) is 12.1 Å². The van der Waals surface area contributed by atoms with Crippen LogP contribution in [0, 0.1) is 13.8 Å². The van der Waals surface area contributed by atoms with Crippen molar-refractivity contribution in [1.29, 1.82) is 0 Å². The third kappa shape index (κ3) is 6.00. The Kier molecular flexibility index (Phi) is 7.03. The average molecular weight is 395 g/mol.